The van der Waals surface area contributed by atoms with Gasteiger partial charge < -0.3 is 15.8 Å². The second-order valence-corrected chi connectivity index (χ2v) is 7.26. The van der Waals surface area contributed by atoms with Gasteiger partial charge in [-0.15, -0.1) is 18.3 Å². The molecule has 2 heterocycles. The number of halogens is 4. The van der Waals surface area contributed by atoms with Crippen molar-refractivity contribution >= 4 is 40.0 Å². The zero-order valence-electron chi connectivity index (χ0n) is 16.5. The zero-order valence-corrected chi connectivity index (χ0v) is 17.3. The number of carbonyl (C=O) groups is 1. The molecule has 0 saturated heterocycles. The lowest BCUT2D eigenvalue weighted by molar-refractivity contribution is -0.274. The van der Waals surface area contributed by atoms with Crippen molar-refractivity contribution in [2.75, 3.05) is 5.32 Å². The van der Waals surface area contributed by atoms with Crippen LogP contribution in [0.4, 0.5) is 19.1 Å². The van der Waals surface area contributed by atoms with Gasteiger partial charge in [-0.3, -0.25) is 4.79 Å². The summed E-state index contributed by atoms with van der Waals surface area (Å²) < 4.78 is 44.2. The van der Waals surface area contributed by atoms with Gasteiger partial charge in [-0.2, -0.15) is 4.52 Å². The number of ether oxygens (including phenoxy) is 1. The van der Waals surface area contributed by atoms with E-state index in [0.717, 1.165) is 6.07 Å². The molecule has 1 unspecified atom stereocenters. The molecule has 12 heteroatoms. The normalized spacial score (nSPS) is 12.8. The molecule has 1 atom stereocenters. The van der Waals surface area contributed by atoms with Crippen molar-refractivity contribution in [2.45, 2.75) is 25.7 Å². The molecule has 166 valence electrons. The Morgan fingerprint density at radius 3 is 2.69 bits per heavy atom. The van der Waals surface area contributed by atoms with Crippen molar-refractivity contribution in [3.63, 3.8) is 0 Å². The Balaban J connectivity index is 1.93. The number of nitrogens with one attached hydrogen (secondary N) is 1. The third kappa shape index (κ3) is 4.24. The van der Waals surface area contributed by atoms with Crippen molar-refractivity contribution < 1.29 is 22.7 Å². The van der Waals surface area contributed by atoms with Gasteiger partial charge in [0.2, 0.25) is 11.9 Å². The highest BCUT2D eigenvalue weighted by Crippen LogP contribution is 2.35. The quantitative estimate of drug-likeness (QED) is 0.443. The van der Waals surface area contributed by atoms with Crippen LogP contribution >= 0.6 is 11.6 Å². The number of fused-ring (bicyclic) bond motifs is 3. The zero-order chi connectivity index (χ0) is 23.0. The first kappa shape index (κ1) is 21.6. The molecule has 0 bridgehead atoms. The highest BCUT2D eigenvalue weighted by atomic mass is 35.5. The van der Waals surface area contributed by atoms with Crippen LogP contribution in [0.3, 0.4) is 0 Å². The van der Waals surface area contributed by atoms with Crippen molar-refractivity contribution in [1.82, 2.24) is 19.6 Å². The molecule has 0 aliphatic carbocycles. The minimum absolute atomic E-state index is 0.0209. The van der Waals surface area contributed by atoms with E-state index >= 15 is 0 Å². The largest absolute Gasteiger partial charge is 0.573 e. The fourth-order valence-electron chi connectivity index (χ4n) is 3.18. The topological polar surface area (TPSA) is 107 Å². The summed E-state index contributed by atoms with van der Waals surface area (Å²) in [4.78, 5) is 20.6. The number of hydrogen-bond donors (Lipinski definition) is 2. The summed E-state index contributed by atoms with van der Waals surface area (Å²) in [5.41, 5.74) is 6.27. The number of nitrogens with two attached hydrogens (primary N) is 1. The van der Waals surface area contributed by atoms with E-state index in [4.69, 9.17) is 17.3 Å². The fraction of sp³-hybridized carbons (Fsp3) is 0.200. The van der Waals surface area contributed by atoms with Gasteiger partial charge in [-0.25, -0.2) is 9.97 Å². The molecule has 3 N–H and O–H groups in total. The van der Waals surface area contributed by atoms with Crippen LogP contribution in [0.25, 0.3) is 27.9 Å². The van der Waals surface area contributed by atoms with E-state index in [-0.39, 0.29) is 22.4 Å². The predicted molar refractivity (Wildman–Crippen MR) is 112 cm³/mol. The summed E-state index contributed by atoms with van der Waals surface area (Å²) in [7, 11) is 0. The van der Waals surface area contributed by atoms with Gasteiger partial charge in [0.15, 0.2) is 11.5 Å². The number of benzene rings is 2. The molecule has 2 aromatic heterocycles. The molecule has 32 heavy (non-hydrogen) atoms. The first-order chi connectivity index (χ1) is 15.2. The molecule has 0 fully saturated rings. The van der Waals surface area contributed by atoms with Crippen molar-refractivity contribution in [3.05, 3.63) is 47.5 Å². The Labute approximate surface area is 184 Å². The number of aromatic nitrogens is 4. The molecule has 2 aromatic carbocycles. The lowest BCUT2D eigenvalue weighted by atomic mass is 10.2. The van der Waals surface area contributed by atoms with Gasteiger partial charge in [-0.1, -0.05) is 30.7 Å². The van der Waals surface area contributed by atoms with Crippen molar-refractivity contribution in [3.8, 4) is 17.1 Å². The number of primary amides is 1. The maximum absolute atomic E-state index is 12.9. The molecular weight excluding hydrogens is 449 g/mol. The number of anilines is 1. The lowest BCUT2D eigenvalue weighted by Gasteiger charge is -2.15. The van der Waals surface area contributed by atoms with E-state index in [2.05, 4.69) is 25.1 Å². The third-order valence-electron chi connectivity index (χ3n) is 4.64. The van der Waals surface area contributed by atoms with Gasteiger partial charge >= 0.3 is 6.36 Å². The molecule has 0 aliphatic rings. The second-order valence-electron chi connectivity index (χ2n) is 6.82. The Morgan fingerprint density at radius 1 is 1.25 bits per heavy atom. The predicted octanol–water partition coefficient (Wildman–Crippen LogP) is 4.17. The average Bonchev–Trinajstić information content (AvgIpc) is 3.16. The smallest absolute Gasteiger partial charge is 0.405 e. The van der Waals surface area contributed by atoms with E-state index in [1.165, 1.54) is 16.6 Å². The van der Waals surface area contributed by atoms with Crippen molar-refractivity contribution in [2.24, 2.45) is 5.73 Å². The highest BCUT2D eigenvalue weighted by Gasteiger charge is 2.33. The molecule has 0 spiro atoms. The Morgan fingerprint density at radius 2 is 2.00 bits per heavy atom. The fourth-order valence-corrected chi connectivity index (χ4v) is 3.35. The van der Waals surface area contributed by atoms with E-state index in [9.17, 15) is 18.0 Å². The average molecular weight is 465 g/mol. The standard InChI is InChI=1S/C20H16ClF3N6O2/c1-2-13(16(25)31)26-19-27-14-6-4-3-5-11(14)18-28-17(29-30(18)19)12-8-7-10(21)9-15(12)32-20(22,23)24/h3-9,13H,2H2,1H3,(H2,25,31)(H,26,27). The summed E-state index contributed by atoms with van der Waals surface area (Å²) >= 11 is 5.86. The van der Waals surface area contributed by atoms with Crippen LogP contribution in [0, 0.1) is 0 Å². The molecule has 0 aliphatic heterocycles. The summed E-state index contributed by atoms with van der Waals surface area (Å²) in [6, 6.07) is 10.1. The number of nitrogens with zero attached hydrogens (tertiary/aromatic N) is 4. The van der Waals surface area contributed by atoms with E-state index in [1.807, 2.05) is 0 Å². The minimum atomic E-state index is -4.94. The van der Waals surface area contributed by atoms with Crippen molar-refractivity contribution in [1.29, 1.82) is 0 Å². The molecule has 0 radical (unpaired) electrons. The van der Waals surface area contributed by atoms with Crippen LogP contribution < -0.4 is 15.8 Å². The Hall–Kier alpha value is -3.60. The SMILES string of the molecule is CCC(Nc1nc2ccccc2c2nc(-c3ccc(Cl)cc3OC(F)(F)F)nn12)C(N)=O. The molecule has 0 saturated carbocycles. The molecule has 1 amide bonds. The van der Waals surface area contributed by atoms with E-state index in [0.29, 0.717) is 23.0 Å². The molecule has 4 rings (SSSR count). The lowest BCUT2D eigenvalue weighted by Crippen LogP contribution is -2.35. The number of para-hydroxylation sites is 1. The maximum Gasteiger partial charge on any atom is 0.573 e. The van der Waals surface area contributed by atoms with E-state index < -0.39 is 24.1 Å². The molecule has 8 nitrogen and oxygen atoms in total. The summed E-state index contributed by atoms with van der Waals surface area (Å²) in [6.45, 7) is 1.77. The summed E-state index contributed by atoms with van der Waals surface area (Å²) in [6.07, 6.45) is -4.55. The highest BCUT2D eigenvalue weighted by molar-refractivity contribution is 6.30. The van der Waals surface area contributed by atoms with Crippen LogP contribution in [0.15, 0.2) is 42.5 Å². The van der Waals surface area contributed by atoms with Gasteiger partial charge in [0.1, 0.15) is 11.8 Å². The molecule has 4 aromatic rings. The first-order valence-electron chi connectivity index (χ1n) is 9.43. The Bertz CT molecular complexity index is 1320. The van der Waals surface area contributed by atoms with Gasteiger partial charge in [-0.05, 0) is 36.8 Å². The van der Waals surface area contributed by atoms with Gasteiger partial charge in [0.25, 0.3) is 0 Å². The van der Waals surface area contributed by atoms with Crippen LogP contribution in [0.2, 0.25) is 5.02 Å². The monoisotopic (exact) mass is 464 g/mol. The minimum Gasteiger partial charge on any atom is -0.405 e. The van der Waals surface area contributed by atoms with Gasteiger partial charge in [0, 0.05) is 10.4 Å². The number of alkyl halides is 3. The number of amides is 1. The summed E-state index contributed by atoms with van der Waals surface area (Å²) in [5, 5.41) is 7.93. The first-order valence-corrected chi connectivity index (χ1v) is 9.81. The Kier molecular flexibility index (Phi) is 5.51. The number of rotatable bonds is 6. The maximum atomic E-state index is 12.9. The van der Waals surface area contributed by atoms with E-state index in [1.54, 1.807) is 31.2 Å². The van der Waals surface area contributed by atoms with Crippen LogP contribution in [-0.2, 0) is 4.79 Å². The number of carbonyl (C=O) groups excluding carboxylic acids is 1. The van der Waals surface area contributed by atoms with Gasteiger partial charge in [0.05, 0.1) is 11.1 Å². The third-order valence-corrected chi connectivity index (χ3v) is 4.88. The van der Waals surface area contributed by atoms with Crippen LogP contribution in [-0.4, -0.2) is 37.9 Å². The number of hydrogen-bond acceptors (Lipinski definition) is 6. The van der Waals surface area contributed by atoms with Crippen LogP contribution in [0.5, 0.6) is 5.75 Å². The summed E-state index contributed by atoms with van der Waals surface area (Å²) in [5.74, 6) is -1.02. The van der Waals surface area contributed by atoms with Crippen LogP contribution in [0.1, 0.15) is 13.3 Å². The molecular formula is C20H16ClF3N6O2. The second kappa shape index (κ2) is 8.15.